The molecule has 0 amide bonds. The van der Waals surface area contributed by atoms with Gasteiger partial charge < -0.3 is 154 Å². The molecule has 6 aliphatic heterocycles. The van der Waals surface area contributed by atoms with Crippen molar-refractivity contribution in [3.8, 4) is 5.75 Å². The fourth-order valence-corrected chi connectivity index (χ4v) is 9.39. The summed E-state index contributed by atoms with van der Waals surface area (Å²) in [6.07, 6.45) is -57.0. The first kappa shape index (κ1) is 60.9. The van der Waals surface area contributed by atoms with Crippen molar-refractivity contribution in [1.82, 2.24) is 0 Å². The summed E-state index contributed by atoms with van der Waals surface area (Å²) in [7, 11) is 0. The van der Waals surface area contributed by atoms with Gasteiger partial charge >= 0.3 is 0 Å². The third kappa shape index (κ3) is 12.6. The summed E-state index contributed by atoms with van der Waals surface area (Å²) in [5.41, 5.74) is -0.279. The topological polar surface area (TPSA) is 538 Å². The summed E-state index contributed by atoms with van der Waals surface area (Å²) >= 11 is 0. The molecule has 0 unspecified atom stereocenters. The largest absolute Gasteiger partial charge is 0.462 e. The number of nitro groups is 1. The average molecular weight is 1110 g/mol. The van der Waals surface area contributed by atoms with Gasteiger partial charge in [-0.2, -0.15) is 0 Å². The quantitative estimate of drug-likeness (QED) is 0.0452. The van der Waals surface area contributed by atoms with Gasteiger partial charge in [0.25, 0.3) is 5.69 Å². The van der Waals surface area contributed by atoms with E-state index in [2.05, 4.69) is 0 Å². The SMILES string of the molecule is O=[N+]([O-])c1ccc(O[C@H]2O[C@H](CO)[C@@H](O[C@H]3O[C@H](CO)[C@@H](O[C@H]4O[C@H](CO)[C@@H](O[C@H]5O[C@H](CO)[C@@H](O[C@H]6O[C@H](CO)[C@@H](O[C@@H]7O[C@H](CO)[C@H](O)[C@H](O)[C@H]7O)[C@H](O)[C@H]6O)[C@H](O)[C@H]5O)[C@H](O)[C@H]4O)[C@H](O)[C@H]3O)[C@H](O)[C@H]2O)cc1. The minimum Gasteiger partial charge on any atom is -0.462 e. The Hall–Kier alpha value is -2.78. The lowest BCUT2D eigenvalue weighted by Gasteiger charge is -2.49. The summed E-state index contributed by atoms with van der Waals surface area (Å²) in [4.78, 5) is 10.3. The Morgan fingerprint density at radius 2 is 0.579 bits per heavy atom. The number of benzene rings is 1. The van der Waals surface area contributed by atoms with Crippen LogP contribution >= 0.6 is 0 Å². The van der Waals surface area contributed by atoms with E-state index in [-0.39, 0.29) is 11.4 Å². The smallest absolute Gasteiger partial charge is 0.269 e. The molecule has 34 nitrogen and oxygen atoms in total. The molecule has 0 aliphatic carbocycles. The molecule has 76 heavy (non-hydrogen) atoms. The Morgan fingerprint density at radius 3 is 0.842 bits per heavy atom. The molecule has 19 N–H and O–H groups in total. The lowest BCUT2D eigenvalue weighted by molar-refractivity contribution is -0.395. The van der Waals surface area contributed by atoms with Crippen LogP contribution in [0.2, 0.25) is 0 Å². The third-order valence-corrected chi connectivity index (χ3v) is 13.7. The van der Waals surface area contributed by atoms with Crippen LogP contribution in [0.4, 0.5) is 5.69 Å². The maximum Gasteiger partial charge on any atom is 0.269 e. The predicted molar refractivity (Wildman–Crippen MR) is 231 cm³/mol. The Morgan fingerprint density at radius 1 is 0.342 bits per heavy atom. The molecule has 34 heteroatoms. The van der Waals surface area contributed by atoms with Crippen molar-refractivity contribution >= 4 is 5.69 Å². The van der Waals surface area contributed by atoms with Gasteiger partial charge in [0.2, 0.25) is 6.29 Å². The van der Waals surface area contributed by atoms with Crippen molar-refractivity contribution in [3.63, 3.8) is 0 Å². The van der Waals surface area contributed by atoms with Crippen molar-refractivity contribution in [2.24, 2.45) is 0 Å². The van der Waals surface area contributed by atoms with Crippen LogP contribution in [-0.2, 0) is 52.1 Å². The highest BCUT2D eigenvalue weighted by Gasteiger charge is 2.57. The fourth-order valence-electron chi connectivity index (χ4n) is 9.39. The van der Waals surface area contributed by atoms with Gasteiger partial charge in [-0.25, -0.2) is 0 Å². The summed E-state index contributed by atoms with van der Waals surface area (Å²) in [6, 6.07) is 4.55. The molecule has 0 spiro atoms. The summed E-state index contributed by atoms with van der Waals surface area (Å²) in [6.45, 7) is -5.80. The molecule has 0 radical (unpaired) electrons. The summed E-state index contributed by atoms with van der Waals surface area (Å²) < 4.78 is 67.0. The fraction of sp³-hybridized carbons (Fsp3) is 0.857. The van der Waals surface area contributed by atoms with Crippen molar-refractivity contribution in [1.29, 1.82) is 0 Å². The van der Waals surface area contributed by atoms with Gasteiger partial charge in [-0.05, 0) is 12.1 Å². The number of nitrogens with zero attached hydrogens (tertiary/aromatic N) is 1. The van der Waals surface area contributed by atoms with Crippen molar-refractivity contribution in [2.75, 3.05) is 39.6 Å². The molecule has 6 heterocycles. The van der Waals surface area contributed by atoms with Gasteiger partial charge in [0.1, 0.15) is 152 Å². The van der Waals surface area contributed by atoms with Gasteiger partial charge in [0, 0.05) is 12.1 Å². The normalized spacial score (nSPS) is 48.3. The number of hydrogen-bond donors (Lipinski definition) is 19. The zero-order valence-corrected chi connectivity index (χ0v) is 39.5. The second-order valence-electron chi connectivity index (χ2n) is 18.6. The summed E-state index contributed by atoms with van der Waals surface area (Å²) in [5.74, 6) is -0.0341. The highest BCUT2D eigenvalue weighted by molar-refractivity contribution is 5.36. The van der Waals surface area contributed by atoms with Gasteiger partial charge in [-0.3, -0.25) is 10.1 Å². The number of ether oxygens (including phenoxy) is 12. The van der Waals surface area contributed by atoms with Crippen LogP contribution in [0.3, 0.4) is 0 Å². The van der Waals surface area contributed by atoms with Gasteiger partial charge in [-0.1, -0.05) is 0 Å². The van der Waals surface area contributed by atoms with Crippen LogP contribution in [0.1, 0.15) is 0 Å². The van der Waals surface area contributed by atoms with E-state index >= 15 is 0 Å². The van der Waals surface area contributed by atoms with Crippen LogP contribution < -0.4 is 4.74 Å². The first-order chi connectivity index (χ1) is 36.1. The van der Waals surface area contributed by atoms with Gasteiger partial charge in [-0.15, -0.1) is 0 Å². The van der Waals surface area contributed by atoms with E-state index in [1.165, 1.54) is 12.1 Å². The number of rotatable bonds is 19. The van der Waals surface area contributed by atoms with Crippen LogP contribution in [0.5, 0.6) is 5.75 Å². The molecule has 436 valence electrons. The molecule has 30 atom stereocenters. The number of aliphatic hydroxyl groups is 19. The minimum absolute atomic E-state index is 0.0341. The Balaban J connectivity index is 0.946. The number of aliphatic hydroxyl groups excluding tert-OH is 19. The number of hydrogen-bond acceptors (Lipinski definition) is 33. The molecule has 6 aliphatic rings. The standard InChI is InChI=1S/C42H65NO33/c44-5-13-19(50)20(51)26(57)38(66-13)72-33-15(7-46)68-40(28(59)22(33)53)74-35-17(9-48)70-42(30(61)24(35)55)76-36-18(10-49)71-41(31(62)25(36)56)75-34-16(8-47)69-39(29(60)23(34)54)73-32-14(6-45)67-37(27(58)21(32)52)65-12-3-1-11(2-4-12)43(63)64/h1-4,13-42,44-62H,5-10H2/t13-,14-,15-,16-,17-,18-,19+,20+,21-,22-,23-,24-,25-,26-,27-,28-,29-,30-,31-,32-,33-,34-,35-,36-,37+,38+,39-,40-,41-,42-/m1/s1. The van der Waals surface area contributed by atoms with E-state index in [1.54, 1.807) is 0 Å². The zero-order valence-electron chi connectivity index (χ0n) is 39.5. The zero-order chi connectivity index (χ0) is 55.6. The number of nitro benzene ring substituents is 1. The highest BCUT2D eigenvalue weighted by atomic mass is 16.8. The van der Waals surface area contributed by atoms with E-state index in [1.807, 2.05) is 0 Å². The lowest BCUT2D eigenvalue weighted by atomic mass is 9.95. The van der Waals surface area contributed by atoms with E-state index in [0.717, 1.165) is 12.1 Å². The predicted octanol–water partition coefficient (Wildman–Crippen LogP) is -12.1. The third-order valence-electron chi connectivity index (χ3n) is 13.7. The molecular weight excluding hydrogens is 1050 g/mol. The Bertz CT molecular complexity index is 1960. The second kappa shape index (κ2) is 26.2. The molecule has 6 fully saturated rings. The van der Waals surface area contributed by atoms with Gasteiger partial charge in [0.05, 0.1) is 44.6 Å². The average Bonchev–Trinajstić information content (AvgIpc) is 3.43. The first-order valence-corrected chi connectivity index (χ1v) is 23.7. The highest BCUT2D eigenvalue weighted by Crippen LogP contribution is 2.37. The molecule has 1 aromatic carbocycles. The van der Waals surface area contributed by atoms with Crippen molar-refractivity contribution in [2.45, 2.75) is 184 Å². The van der Waals surface area contributed by atoms with Gasteiger partial charge in [0.15, 0.2) is 31.5 Å². The van der Waals surface area contributed by atoms with Crippen LogP contribution in [0.15, 0.2) is 24.3 Å². The molecular formula is C42H65NO33. The van der Waals surface area contributed by atoms with E-state index in [4.69, 9.17) is 56.8 Å². The van der Waals surface area contributed by atoms with E-state index in [9.17, 15) is 107 Å². The van der Waals surface area contributed by atoms with Crippen LogP contribution in [0, 0.1) is 10.1 Å². The van der Waals surface area contributed by atoms with E-state index < -0.39 is 229 Å². The maximum atomic E-state index is 11.3. The molecule has 1 aromatic rings. The molecule has 0 bridgehead atoms. The Labute approximate surface area is 428 Å². The maximum absolute atomic E-state index is 11.3. The number of non-ortho nitro benzene ring substituents is 1. The monoisotopic (exact) mass is 1110 g/mol. The molecule has 7 rings (SSSR count). The minimum atomic E-state index is -2.20. The van der Waals surface area contributed by atoms with Crippen LogP contribution in [0.25, 0.3) is 0 Å². The van der Waals surface area contributed by atoms with Crippen LogP contribution in [-0.4, -0.2) is 326 Å². The molecule has 0 aromatic heterocycles. The van der Waals surface area contributed by atoms with E-state index in [0.29, 0.717) is 0 Å². The lowest BCUT2D eigenvalue weighted by Crippen LogP contribution is -2.68. The molecule has 6 saturated heterocycles. The Kier molecular flexibility index (Phi) is 21.0. The summed E-state index contributed by atoms with van der Waals surface area (Å²) in [5, 5.41) is 214. The van der Waals surface area contributed by atoms with Crippen molar-refractivity contribution in [3.05, 3.63) is 34.4 Å². The second-order valence-corrected chi connectivity index (χ2v) is 18.6. The van der Waals surface area contributed by atoms with Crippen molar-refractivity contribution < 1.29 is 159 Å². The first-order valence-electron chi connectivity index (χ1n) is 23.7. The molecule has 0 saturated carbocycles.